The molecule has 0 atom stereocenters. The van der Waals surface area contributed by atoms with Crippen LogP contribution in [0.3, 0.4) is 0 Å². The smallest absolute Gasteiger partial charge is 0.319 e. The molecule has 4 nitrogen and oxygen atoms in total. The van der Waals surface area contributed by atoms with Gasteiger partial charge in [-0.15, -0.1) is 11.3 Å². The molecule has 0 bridgehead atoms. The molecule has 0 aliphatic heterocycles. The molecule has 0 unspecified atom stereocenters. The van der Waals surface area contributed by atoms with Gasteiger partial charge in [0.15, 0.2) is 0 Å². The van der Waals surface area contributed by atoms with Crippen LogP contribution in [0.4, 0.5) is 10.5 Å². The molecule has 0 saturated heterocycles. The van der Waals surface area contributed by atoms with Crippen LogP contribution in [0.1, 0.15) is 13.8 Å². The quantitative estimate of drug-likeness (QED) is 0.703. The van der Waals surface area contributed by atoms with E-state index in [1.54, 1.807) is 11.3 Å². The lowest BCUT2D eigenvalue weighted by Gasteiger charge is -2.10. The van der Waals surface area contributed by atoms with Gasteiger partial charge in [-0.2, -0.15) is 0 Å². The van der Waals surface area contributed by atoms with E-state index in [2.05, 4.69) is 22.8 Å². The zero-order chi connectivity index (χ0) is 16.9. The lowest BCUT2D eigenvalue weighted by molar-refractivity contribution is 0.250. The van der Waals surface area contributed by atoms with Crippen LogP contribution in [-0.4, -0.2) is 17.1 Å². The van der Waals surface area contributed by atoms with Gasteiger partial charge in [0.05, 0.1) is 5.69 Å². The third-order valence-electron chi connectivity index (χ3n) is 3.36. The minimum atomic E-state index is -0.203. The maximum absolute atomic E-state index is 11.8. The van der Waals surface area contributed by atoms with Crippen LogP contribution in [0.25, 0.3) is 21.8 Å². The lowest BCUT2D eigenvalue weighted by atomic mass is 10.1. The molecule has 2 aromatic carbocycles. The Bertz CT molecular complexity index is 827. The number of hydrogen-bond acceptors (Lipinski definition) is 3. The van der Waals surface area contributed by atoms with Gasteiger partial charge in [-0.1, -0.05) is 42.5 Å². The first-order chi connectivity index (χ1) is 11.6. The van der Waals surface area contributed by atoms with E-state index in [4.69, 9.17) is 4.98 Å². The van der Waals surface area contributed by atoms with Crippen LogP contribution in [0.15, 0.2) is 60.0 Å². The Labute approximate surface area is 145 Å². The molecule has 2 amide bonds. The minimum absolute atomic E-state index is 0.0974. The van der Waals surface area contributed by atoms with Crippen LogP contribution >= 0.6 is 11.3 Å². The van der Waals surface area contributed by atoms with Crippen LogP contribution in [0, 0.1) is 0 Å². The molecule has 0 radical (unpaired) electrons. The van der Waals surface area contributed by atoms with Crippen LogP contribution < -0.4 is 10.6 Å². The first-order valence-corrected chi connectivity index (χ1v) is 8.68. The summed E-state index contributed by atoms with van der Waals surface area (Å²) in [5.41, 5.74) is 3.75. The SMILES string of the molecule is CC(C)NC(=O)Nc1cccc(-c2csc(-c3ccccc3)n2)c1. The third kappa shape index (κ3) is 4.00. The highest BCUT2D eigenvalue weighted by atomic mass is 32.1. The molecule has 5 heteroatoms. The van der Waals surface area contributed by atoms with E-state index in [-0.39, 0.29) is 12.1 Å². The third-order valence-corrected chi connectivity index (χ3v) is 4.25. The van der Waals surface area contributed by atoms with Gasteiger partial charge < -0.3 is 10.6 Å². The highest BCUT2D eigenvalue weighted by molar-refractivity contribution is 7.13. The molecule has 0 spiro atoms. The standard InChI is InChI=1S/C19H19N3OS/c1-13(2)20-19(23)21-16-10-6-9-15(11-16)17-12-24-18(22-17)14-7-4-3-5-8-14/h3-13H,1-2H3,(H2,20,21,23). The zero-order valence-electron chi connectivity index (χ0n) is 13.6. The summed E-state index contributed by atoms with van der Waals surface area (Å²) in [5.74, 6) is 0. The van der Waals surface area contributed by atoms with Crippen molar-refractivity contribution in [3.8, 4) is 21.8 Å². The highest BCUT2D eigenvalue weighted by Crippen LogP contribution is 2.29. The van der Waals surface area contributed by atoms with Crippen LogP contribution in [0.5, 0.6) is 0 Å². The van der Waals surface area contributed by atoms with Gasteiger partial charge in [-0.3, -0.25) is 0 Å². The van der Waals surface area contributed by atoms with Crippen molar-refractivity contribution in [1.82, 2.24) is 10.3 Å². The number of thiazole rings is 1. The highest BCUT2D eigenvalue weighted by Gasteiger charge is 2.08. The number of amides is 2. The number of urea groups is 1. The van der Waals surface area contributed by atoms with Crippen molar-refractivity contribution in [2.75, 3.05) is 5.32 Å². The van der Waals surface area contributed by atoms with Crippen molar-refractivity contribution in [3.05, 3.63) is 60.0 Å². The molecule has 3 rings (SSSR count). The van der Waals surface area contributed by atoms with E-state index in [9.17, 15) is 4.79 Å². The fraction of sp³-hybridized carbons (Fsp3) is 0.158. The molecule has 0 fully saturated rings. The Kier molecular flexibility index (Phi) is 4.91. The van der Waals surface area contributed by atoms with E-state index in [0.717, 1.165) is 27.5 Å². The summed E-state index contributed by atoms with van der Waals surface area (Å²) in [6.07, 6.45) is 0. The van der Waals surface area contributed by atoms with Crippen molar-refractivity contribution in [1.29, 1.82) is 0 Å². The van der Waals surface area contributed by atoms with E-state index in [0.29, 0.717) is 0 Å². The monoisotopic (exact) mass is 337 g/mol. The van der Waals surface area contributed by atoms with Gasteiger partial charge in [0, 0.05) is 28.2 Å². The van der Waals surface area contributed by atoms with E-state index in [1.165, 1.54) is 0 Å². The summed E-state index contributed by atoms with van der Waals surface area (Å²) in [6, 6.07) is 17.7. The largest absolute Gasteiger partial charge is 0.336 e. The number of hydrogen-bond donors (Lipinski definition) is 2. The predicted octanol–water partition coefficient (Wildman–Crippen LogP) is 5.01. The number of carbonyl (C=O) groups is 1. The lowest BCUT2D eigenvalue weighted by Crippen LogP contribution is -2.34. The second-order valence-electron chi connectivity index (χ2n) is 5.74. The molecule has 0 saturated carbocycles. The first-order valence-electron chi connectivity index (χ1n) is 7.81. The number of nitrogens with one attached hydrogen (secondary N) is 2. The number of benzene rings is 2. The fourth-order valence-electron chi connectivity index (χ4n) is 2.31. The Morgan fingerprint density at radius 1 is 1.04 bits per heavy atom. The second kappa shape index (κ2) is 7.27. The van der Waals surface area contributed by atoms with E-state index < -0.39 is 0 Å². The molecule has 0 aliphatic rings. The maximum Gasteiger partial charge on any atom is 0.319 e. The fourth-order valence-corrected chi connectivity index (χ4v) is 3.14. The van der Waals surface area contributed by atoms with Crippen LogP contribution in [0.2, 0.25) is 0 Å². The molecule has 0 aliphatic carbocycles. The molecule has 122 valence electrons. The summed E-state index contributed by atoms with van der Waals surface area (Å²) in [6.45, 7) is 3.85. The predicted molar refractivity (Wildman–Crippen MR) is 100 cm³/mol. The summed E-state index contributed by atoms with van der Waals surface area (Å²) >= 11 is 1.61. The molecule has 1 heterocycles. The molecule has 2 N–H and O–H groups in total. The van der Waals surface area contributed by atoms with Crippen molar-refractivity contribution >= 4 is 23.1 Å². The average molecular weight is 337 g/mol. The Balaban J connectivity index is 1.79. The van der Waals surface area contributed by atoms with E-state index >= 15 is 0 Å². The van der Waals surface area contributed by atoms with Crippen molar-refractivity contribution < 1.29 is 4.79 Å². The number of rotatable bonds is 4. The van der Waals surface area contributed by atoms with Gasteiger partial charge in [-0.05, 0) is 26.0 Å². The Morgan fingerprint density at radius 2 is 1.79 bits per heavy atom. The number of nitrogens with zero attached hydrogens (tertiary/aromatic N) is 1. The molecule has 3 aromatic rings. The molecular weight excluding hydrogens is 318 g/mol. The first kappa shape index (κ1) is 16.2. The van der Waals surface area contributed by atoms with Crippen molar-refractivity contribution in [2.24, 2.45) is 0 Å². The zero-order valence-corrected chi connectivity index (χ0v) is 14.4. The number of aromatic nitrogens is 1. The second-order valence-corrected chi connectivity index (χ2v) is 6.60. The molecule has 1 aromatic heterocycles. The summed E-state index contributed by atoms with van der Waals surface area (Å²) in [4.78, 5) is 16.5. The summed E-state index contributed by atoms with van der Waals surface area (Å²) in [5, 5.41) is 8.68. The Hall–Kier alpha value is -2.66. The van der Waals surface area contributed by atoms with Gasteiger partial charge >= 0.3 is 6.03 Å². The molecular formula is C19H19N3OS. The number of carbonyl (C=O) groups excluding carboxylic acids is 1. The average Bonchev–Trinajstić information content (AvgIpc) is 3.05. The van der Waals surface area contributed by atoms with E-state index in [1.807, 2.05) is 61.7 Å². The van der Waals surface area contributed by atoms with Crippen LogP contribution in [-0.2, 0) is 0 Å². The molecule has 24 heavy (non-hydrogen) atoms. The minimum Gasteiger partial charge on any atom is -0.336 e. The Morgan fingerprint density at radius 3 is 2.54 bits per heavy atom. The summed E-state index contributed by atoms with van der Waals surface area (Å²) < 4.78 is 0. The normalized spacial score (nSPS) is 10.6. The van der Waals surface area contributed by atoms with Crippen molar-refractivity contribution in [2.45, 2.75) is 19.9 Å². The van der Waals surface area contributed by atoms with Crippen molar-refractivity contribution in [3.63, 3.8) is 0 Å². The van der Waals surface area contributed by atoms with Gasteiger partial charge in [0.2, 0.25) is 0 Å². The topological polar surface area (TPSA) is 54.0 Å². The number of anilines is 1. The maximum atomic E-state index is 11.8. The van der Waals surface area contributed by atoms with Gasteiger partial charge in [-0.25, -0.2) is 9.78 Å². The van der Waals surface area contributed by atoms with Gasteiger partial charge in [0.1, 0.15) is 5.01 Å². The van der Waals surface area contributed by atoms with Gasteiger partial charge in [0.25, 0.3) is 0 Å². The summed E-state index contributed by atoms with van der Waals surface area (Å²) in [7, 11) is 0.